The fourth-order valence-corrected chi connectivity index (χ4v) is 2.02. The van der Waals surface area contributed by atoms with Crippen LogP contribution in [-0.4, -0.2) is 36.3 Å². The Kier molecular flexibility index (Phi) is 5.80. The summed E-state index contributed by atoms with van der Waals surface area (Å²) in [5.74, 6) is 2.54. The molecule has 0 aromatic carbocycles. The van der Waals surface area contributed by atoms with Crippen molar-refractivity contribution in [3.63, 3.8) is 0 Å². The maximum atomic E-state index is 5.85. The Labute approximate surface area is 120 Å². The Morgan fingerprint density at radius 1 is 1.60 bits per heavy atom. The molecule has 1 saturated heterocycles. The van der Waals surface area contributed by atoms with Crippen molar-refractivity contribution in [2.45, 2.75) is 26.2 Å². The quantitative estimate of drug-likeness (QED) is 0.740. The molecule has 0 bridgehead atoms. The van der Waals surface area contributed by atoms with Crippen molar-refractivity contribution in [2.75, 3.05) is 31.7 Å². The van der Waals surface area contributed by atoms with Gasteiger partial charge in [0, 0.05) is 19.1 Å². The van der Waals surface area contributed by atoms with Crippen LogP contribution in [0.1, 0.15) is 32.0 Å². The SMILES string of the molecule is C=Cc1ncc(OCC2CCOC2)c(NCCCC)n1. The van der Waals surface area contributed by atoms with E-state index in [0.29, 0.717) is 24.1 Å². The minimum atomic E-state index is 0.470. The maximum Gasteiger partial charge on any atom is 0.179 e. The lowest BCUT2D eigenvalue weighted by molar-refractivity contribution is 0.167. The third-order valence-corrected chi connectivity index (χ3v) is 3.28. The minimum absolute atomic E-state index is 0.470. The van der Waals surface area contributed by atoms with Crippen LogP contribution in [0.5, 0.6) is 5.75 Å². The molecule has 1 unspecified atom stereocenters. The minimum Gasteiger partial charge on any atom is -0.488 e. The Hall–Kier alpha value is -1.62. The normalized spacial score (nSPS) is 17.9. The van der Waals surface area contributed by atoms with Crippen LogP contribution in [0.15, 0.2) is 12.8 Å². The molecule has 110 valence electrons. The van der Waals surface area contributed by atoms with Crippen molar-refractivity contribution in [3.05, 3.63) is 18.6 Å². The average molecular weight is 277 g/mol. The van der Waals surface area contributed by atoms with Crippen LogP contribution >= 0.6 is 0 Å². The van der Waals surface area contributed by atoms with Crippen LogP contribution in [0, 0.1) is 5.92 Å². The molecule has 0 radical (unpaired) electrons. The summed E-state index contributed by atoms with van der Waals surface area (Å²) in [5, 5.41) is 3.31. The molecular formula is C15H23N3O2. The highest BCUT2D eigenvalue weighted by atomic mass is 16.5. The second-order valence-electron chi connectivity index (χ2n) is 4.97. The molecule has 2 rings (SSSR count). The fraction of sp³-hybridized carbons (Fsp3) is 0.600. The van der Waals surface area contributed by atoms with Crippen LogP contribution in [0.4, 0.5) is 5.82 Å². The molecule has 0 spiro atoms. The van der Waals surface area contributed by atoms with Crippen LogP contribution < -0.4 is 10.1 Å². The summed E-state index contributed by atoms with van der Waals surface area (Å²) in [7, 11) is 0. The Morgan fingerprint density at radius 2 is 2.50 bits per heavy atom. The van der Waals surface area contributed by atoms with Crippen molar-refractivity contribution in [3.8, 4) is 5.75 Å². The fourth-order valence-electron chi connectivity index (χ4n) is 2.02. The number of unbranched alkanes of at least 4 members (excludes halogenated alkanes) is 1. The average Bonchev–Trinajstić information content (AvgIpc) is 2.99. The monoisotopic (exact) mass is 277 g/mol. The predicted octanol–water partition coefficient (Wildman–Crippen LogP) is 2.75. The highest BCUT2D eigenvalue weighted by molar-refractivity contribution is 5.52. The third-order valence-electron chi connectivity index (χ3n) is 3.28. The van der Waals surface area contributed by atoms with Gasteiger partial charge in [0.2, 0.25) is 0 Å². The van der Waals surface area contributed by atoms with E-state index in [-0.39, 0.29) is 0 Å². The molecule has 5 nitrogen and oxygen atoms in total. The summed E-state index contributed by atoms with van der Waals surface area (Å²) in [6.07, 6.45) is 6.66. The molecule has 1 atom stereocenters. The molecule has 0 saturated carbocycles. The first-order valence-corrected chi connectivity index (χ1v) is 7.27. The van der Waals surface area contributed by atoms with Gasteiger partial charge in [-0.05, 0) is 18.9 Å². The van der Waals surface area contributed by atoms with E-state index in [1.165, 1.54) is 0 Å². The first-order valence-electron chi connectivity index (χ1n) is 7.27. The van der Waals surface area contributed by atoms with E-state index in [9.17, 15) is 0 Å². The van der Waals surface area contributed by atoms with Crippen molar-refractivity contribution >= 4 is 11.9 Å². The van der Waals surface area contributed by atoms with E-state index in [2.05, 4.69) is 28.8 Å². The summed E-state index contributed by atoms with van der Waals surface area (Å²) in [4.78, 5) is 8.62. The second-order valence-corrected chi connectivity index (χ2v) is 4.97. The Balaban J connectivity index is 1.98. The molecule has 1 aromatic heterocycles. The van der Waals surface area contributed by atoms with Gasteiger partial charge in [0.05, 0.1) is 19.4 Å². The van der Waals surface area contributed by atoms with E-state index in [4.69, 9.17) is 9.47 Å². The third kappa shape index (κ3) is 4.20. The molecule has 1 fully saturated rings. The summed E-state index contributed by atoms with van der Waals surface area (Å²) in [5.41, 5.74) is 0. The topological polar surface area (TPSA) is 56.3 Å². The standard InChI is InChI=1S/C15H23N3O2/c1-3-5-7-16-15-13(9-17-14(4-2)18-15)20-11-12-6-8-19-10-12/h4,9,12H,2-3,5-8,10-11H2,1H3,(H,16,17,18). The summed E-state index contributed by atoms with van der Waals surface area (Å²) in [6.45, 7) is 9.01. The molecule has 1 aliphatic heterocycles. The molecular weight excluding hydrogens is 254 g/mol. The molecule has 1 aromatic rings. The van der Waals surface area contributed by atoms with Crippen LogP contribution in [0.3, 0.4) is 0 Å². The predicted molar refractivity (Wildman–Crippen MR) is 79.9 cm³/mol. The first kappa shape index (κ1) is 14.8. The number of nitrogens with zero attached hydrogens (tertiary/aromatic N) is 2. The summed E-state index contributed by atoms with van der Waals surface area (Å²) >= 11 is 0. The summed E-state index contributed by atoms with van der Waals surface area (Å²) < 4.78 is 11.2. The van der Waals surface area contributed by atoms with E-state index in [0.717, 1.165) is 44.8 Å². The maximum absolute atomic E-state index is 5.85. The first-order chi connectivity index (χ1) is 9.83. The Bertz CT molecular complexity index is 431. The van der Waals surface area contributed by atoms with Gasteiger partial charge in [0.25, 0.3) is 0 Å². The van der Waals surface area contributed by atoms with Crippen molar-refractivity contribution in [1.82, 2.24) is 9.97 Å². The number of rotatable bonds is 8. The van der Waals surface area contributed by atoms with Gasteiger partial charge < -0.3 is 14.8 Å². The Morgan fingerprint density at radius 3 is 3.20 bits per heavy atom. The molecule has 0 aliphatic carbocycles. The van der Waals surface area contributed by atoms with Gasteiger partial charge in [-0.25, -0.2) is 9.97 Å². The zero-order valence-electron chi connectivity index (χ0n) is 12.1. The van der Waals surface area contributed by atoms with Gasteiger partial charge in [-0.15, -0.1) is 0 Å². The number of ether oxygens (including phenoxy) is 2. The van der Waals surface area contributed by atoms with Gasteiger partial charge in [0.15, 0.2) is 17.4 Å². The van der Waals surface area contributed by atoms with Crippen LogP contribution in [-0.2, 0) is 4.74 Å². The number of aromatic nitrogens is 2. The molecule has 2 heterocycles. The number of nitrogens with one attached hydrogen (secondary N) is 1. The zero-order valence-corrected chi connectivity index (χ0v) is 12.1. The van der Waals surface area contributed by atoms with Crippen LogP contribution in [0.2, 0.25) is 0 Å². The molecule has 20 heavy (non-hydrogen) atoms. The molecule has 5 heteroatoms. The van der Waals surface area contributed by atoms with Crippen molar-refractivity contribution in [2.24, 2.45) is 5.92 Å². The van der Waals surface area contributed by atoms with Gasteiger partial charge in [0.1, 0.15) is 0 Å². The number of hydrogen-bond donors (Lipinski definition) is 1. The lowest BCUT2D eigenvalue weighted by Gasteiger charge is -2.14. The molecule has 0 amide bonds. The van der Waals surface area contributed by atoms with Crippen LogP contribution in [0.25, 0.3) is 6.08 Å². The largest absolute Gasteiger partial charge is 0.488 e. The zero-order chi connectivity index (χ0) is 14.2. The van der Waals surface area contributed by atoms with E-state index < -0.39 is 0 Å². The highest BCUT2D eigenvalue weighted by Gasteiger charge is 2.17. The van der Waals surface area contributed by atoms with Crippen molar-refractivity contribution in [1.29, 1.82) is 0 Å². The highest BCUT2D eigenvalue weighted by Crippen LogP contribution is 2.23. The van der Waals surface area contributed by atoms with E-state index in [1.54, 1.807) is 12.3 Å². The lowest BCUT2D eigenvalue weighted by atomic mass is 10.1. The number of hydrogen-bond acceptors (Lipinski definition) is 5. The van der Waals surface area contributed by atoms with Gasteiger partial charge in [-0.1, -0.05) is 19.9 Å². The van der Waals surface area contributed by atoms with Gasteiger partial charge >= 0.3 is 0 Å². The molecule has 1 N–H and O–H groups in total. The van der Waals surface area contributed by atoms with Gasteiger partial charge in [-0.2, -0.15) is 0 Å². The lowest BCUT2D eigenvalue weighted by Crippen LogP contribution is -2.14. The number of anilines is 1. The smallest absolute Gasteiger partial charge is 0.179 e. The van der Waals surface area contributed by atoms with E-state index >= 15 is 0 Å². The van der Waals surface area contributed by atoms with Crippen molar-refractivity contribution < 1.29 is 9.47 Å². The molecule has 1 aliphatic rings. The van der Waals surface area contributed by atoms with E-state index in [1.807, 2.05) is 0 Å². The second kappa shape index (κ2) is 7.85. The van der Waals surface area contributed by atoms with Gasteiger partial charge in [-0.3, -0.25) is 0 Å². The summed E-state index contributed by atoms with van der Waals surface area (Å²) in [6, 6.07) is 0.